The minimum absolute atomic E-state index is 0.234. The van der Waals surface area contributed by atoms with Gasteiger partial charge in [-0.2, -0.15) is 13.2 Å². The molecule has 96 heavy (non-hydrogen) atoms. The van der Waals surface area contributed by atoms with Crippen molar-refractivity contribution < 1.29 is 65.4 Å². The highest BCUT2D eigenvalue weighted by molar-refractivity contribution is 7.92. The van der Waals surface area contributed by atoms with Crippen molar-refractivity contribution in [3.63, 3.8) is 0 Å². The summed E-state index contributed by atoms with van der Waals surface area (Å²) < 4.78 is 160. The van der Waals surface area contributed by atoms with Crippen LogP contribution in [0.4, 0.5) is 17.6 Å². The number of unbranched alkanes of at least 4 members (excludes halogenated alkanes) is 17. The summed E-state index contributed by atoms with van der Waals surface area (Å²) in [5, 5.41) is 9.07. The Bertz CT molecular complexity index is 3330. The number of aryl methyl sites for hydroxylation is 5. The van der Waals surface area contributed by atoms with Crippen molar-refractivity contribution in [1.29, 1.82) is 0 Å². The maximum Gasteiger partial charge on any atom is 0.416 e. The molecule has 5 aromatic rings. The fourth-order valence-electron chi connectivity index (χ4n) is 10.00. The molecule has 5 rings (SSSR count). The van der Waals surface area contributed by atoms with Gasteiger partial charge >= 0.3 is 6.18 Å². The van der Waals surface area contributed by atoms with Gasteiger partial charge in [0.2, 0.25) is 5.75 Å². The summed E-state index contributed by atoms with van der Waals surface area (Å²) in [6, 6.07) is 24.6. The second-order valence-electron chi connectivity index (χ2n) is 25.9. The molecule has 0 amide bonds. The molecule has 0 atom stereocenters. The molecule has 0 saturated carbocycles. The normalized spacial score (nSPS) is 12.1. The number of benzene rings is 4. The molecule has 0 unspecified atom stereocenters. The van der Waals surface area contributed by atoms with E-state index in [9.17, 15) is 51.2 Å². The van der Waals surface area contributed by atoms with E-state index in [0.29, 0.717) is 40.9 Å². The first kappa shape index (κ1) is 87.4. The van der Waals surface area contributed by atoms with Crippen LogP contribution in [0, 0.1) is 5.82 Å². The second kappa shape index (κ2) is 46.7. The number of nitrogens with zero attached hydrogens (tertiary/aromatic N) is 2. The van der Waals surface area contributed by atoms with E-state index in [0.717, 1.165) is 174 Å². The first-order chi connectivity index (χ1) is 45.3. The zero-order valence-electron chi connectivity index (χ0n) is 59.8. The third kappa shape index (κ3) is 36.4. The fraction of sp³-hybridized carbons (Fsp3) is 0.649. The van der Waals surface area contributed by atoms with Gasteiger partial charge in [0, 0.05) is 12.0 Å². The van der Waals surface area contributed by atoms with E-state index < -0.39 is 51.1 Å². The maximum atomic E-state index is 12.9. The molecule has 0 spiro atoms. The van der Waals surface area contributed by atoms with Crippen LogP contribution >= 0.6 is 11.3 Å². The standard InChI is InChI=1S/C20H34O2S.C19H32O5S.C18H25FN2O2S2.C17H25F3O2S/c1-4-5-11-19-13-15-20(16-14-19)12-9-7-6-8-10-17-23(21,22)18(2)3;1-15(2)25(20,21)12-10-8-6-7-9-11-16-13-17(22-3)19(24-5)18(14-16)23-4;1-14(2)25(22,23)13-7-5-3-4-6-8-17-20-21-18(24-17)15-9-11-16(19)12-10-15;1-14(2)23(21,22)13-7-5-3-4-6-8-15-9-11-16(12-10-15)17(18,19)20/h13-16,18H,4-12,17H2,1-3H3;13-15H,6-12H2,1-5H3;9-12,14H,3-8,13H2,1-2H3;9-12,14H,3-8,13H2,1-2H3. The molecule has 1 heterocycles. The van der Waals surface area contributed by atoms with E-state index in [2.05, 4.69) is 41.4 Å². The van der Waals surface area contributed by atoms with Gasteiger partial charge in [0.1, 0.15) is 15.8 Å². The number of halogens is 4. The van der Waals surface area contributed by atoms with Crippen LogP contribution in [0.25, 0.3) is 10.6 Å². The molecular formula is C74H116F4N2O11S5. The summed E-state index contributed by atoms with van der Waals surface area (Å²) in [6.45, 7) is 16.1. The summed E-state index contributed by atoms with van der Waals surface area (Å²) in [4.78, 5) is 0. The van der Waals surface area contributed by atoms with Gasteiger partial charge in [-0.1, -0.05) is 138 Å². The topological polar surface area (TPSA) is 190 Å². The van der Waals surface area contributed by atoms with Gasteiger partial charge in [-0.25, -0.2) is 38.1 Å². The lowest BCUT2D eigenvalue weighted by atomic mass is 10.0. The van der Waals surface area contributed by atoms with Crippen molar-refractivity contribution in [2.45, 2.75) is 263 Å². The van der Waals surface area contributed by atoms with Gasteiger partial charge in [-0.15, -0.1) is 10.2 Å². The van der Waals surface area contributed by atoms with E-state index in [1.54, 1.807) is 100 Å². The van der Waals surface area contributed by atoms with Crippen molar-refractivity contribution in [3.05, 3.63) is 124 Å². The molecule has 0 radical (unpaired) electrons. The molecule has 22 heteroatoms. The van der Waals surface area contributed by atoms with E-state index in [4.69, 9.17) is 14.2 Å². The Labute approximate surface area is 581 Å². The van der Waals surface area contributed by atoms with Gasteiger partial charge in [0.25, 0.3) is 0 Å². The van der Waals surface area contributed by atoms with Crippen LogP contribution in [0.3, 0.4) is 0 Å². The number of ether oxygens (including phenoxy) is 3. The van der Waals surface area contributed by atoms with Crippen LogP contribution in [0.2, 0.25) is 0 Å². The van der Waals surface area contributed by atoms with Gasteiger partial charge in [0.05, 0.1) is 70.9 Å². The molecule has 0 fully saturated rings. The van der Waals surface area contributed by atoms with Crippen molar-refractivity contribution >= 4 is 50.7 Å². The molecule has 0 saturated heterocycles. The van der Waals surface area contributed by atoms with E-state index in [-0.39, 0.29) is 32.6 Å². The molecule has 4 aromatic carbocycles. The average Bonchev–Trinajstić information content (AvgIpc) is 1.68. The van der Waals surface area contributed by atoms with Crippen LogP contribution in [0.15, 0.2) is 84.9 Å². The van der Waals surface area contributed by atoms with E-state index >= 15 is 0 Å². The molecule has 0 bridgehead atoms. The lowest BCUT2D eigenvalue weighted by Crippen LogP contribution is -2.17. The summed E-state index contributed by atoms with van der Waals surface area (Å²) in [5.74, 6) is 2.90. The molecule has 546 valence electrons. The number of rotatable bonds is 43. The predicted octanol–water partition coefficient (Wildman–Crippen LogP) is 19.1. The lowest BCUT2D eigenvalue weighted by molar-refractivity contribution is -0.137. The van der Waals surface area contributed by atoms with Gasteiger partial charge < -0.3 is 14.2 Å². The number of sulfone groups is 4. The maximum absolute atomic E-state index is 12.9. The average molecular weight is 1450 g/mol. The Morgan fingerprint density at radius 2 is 0.708 bits per heavy atom. The van der Waals surface area contributed by atoms with E-state index in [1.807, 2.05) is 12.1 Å². The Balaban J connectivity index is 0.000000436. The molecule has 13 nitrogen and oxygen atoms in total. The molecule has 0 aliphatic heterocycles. The minimum Gasteiger partial charge on any atom is -0.493 e. The number of methoxy groups -OCH3 is 3. The third-order valence-corrected chi connectivity index (χ3v) is 27.0. The lowest BCUT2D eigenvalue weighted by Gasteiger charge is -2.14. The molecular weight excluding hydrogens is 1330 g/mol. The van der Waals surface area contributed by atoms with Crippen molar-refractivity contribution in [3.8, 4) is 27.8 Å². The number of aromatic nitrogens is 2. The third-order valence-electron chi connectivity index (χ3n) is 16.8. The quantitative estimate of drug-likeness (QED) is 0.0265. The fourth-order valence-corrected chi connectivity index (χ4v) is 15.2. The predicted molar refractivity (Wildman–Crippen MR) is 391 cm³/mol. The van der Waals surface area contributed by atoms with Crippen LogP contribution in [0.1, 0.15) is 236 Å². The molecule has 0 N–H and O–H groups in total. The zero-order valence-corrected chi connectivity index (χ0v) is 63.8. The zero-order chi connectivity index (χ0) is 71.8. The summed E-state index contributed by atoms with van der Waals surface area (Å²) >= 11 is 1.54. The monoisotopic (exact) mass is 1440 g/mol. The number of hydrogen-bond acceptors (Lipinski definition) is 14. The van der Waals surface area contributed by atoms with Gasteiger partial charge in [0.15, 0.2) is 50.8 Å². The molecule has 0 aliphatic rings. The second-order valence-corrected chi connectivity index (χ2v) is 37.7. The van der Waals surface area contributed by atoms with Crippen LogP contribution in [-0.2, 0) is 77.6 Å². The Morgan fingerprint density at radius 3 is 1.03 bits per heavy atom. The summed E-state index contributed by atoms with van der Waals surface area (Å²) in [5.41, 5.74) is 5.19. The van der Waals surface area contributed by atoms with Crippen LogP contribution in [-0.4, -0.2) is 109 Å². The number of alkyl halides is 3. The molecule has 0 aliphatic carbocycles. The highest BCUT2D eigenvalue weighted by atomic mass is 32.2. The first-order valence-electron chi connectivity index (χ1n) is 34.8. The van der Waals surface area contributed by atoms with Gasteiger partial charge in [-0.3, -0.25) is 0 Å². The highest BCUT2D eigenvalue weighted by Crippen LogP contribution is 2.39. The molecule has 1 aromatic heterocycles. The SMILES string of the molecule is CC(C)S(=O)(=O)CCCCCCCc1ccc(C(F)(F)F)cc1.CC(C)S(=O)(=O)CCCCCCCc1nnc(-c2ccc(F)cc2)s1.CCCCc1ccc(CCCCCCCS(=O)(=O)C(C)C)cc1.COc1cc(CCCCCCCS(=O)(=O)C(C)C)cc(OC)c1OC. The van der Waals surface area contributed by atoms with E-state index in [1.165, 1.54) is 67.5 Å². The summed E-state index contributed by atoms with van der Waals surface area (Å²) in [6.07, 6.45) is 22.6. The van der Waals surface area contributed by atoms with Crippen molar-refractivity contribution in [2.24, 2.45) is 0 Å². The summed E-state index contributed by atoms with van der Waals surface area (Å²) in [7, 11) is -6.75. The van der Waals surface area contributed by atoms with Gasteiger partial charge in [-0.05, 0) is 210 Å². The number of hydrogen-bond donors (Lipinski definition) is 0. The first-order valence-corrected chi connectivity index (χ1v) is 42.5. The van der Waals surface area contributed by atoms with Crippen LogP contribution < -0.4 is 14.2 Å². The van der Waals surface area contributed by atoms with Crippen LogP contribution in [0.5, 0.6) is 17.2 Å². The van der Waals surface area contributed by atoms with Crippen molar-refractivity contribution in [1.82, 2.24) is 10.2 Å². The minimum atomic E-state index is -4.28. The Morgan fingerprint density at radius 1 is 0.396 bits per heavy atom. The Kier molecular flexibility index (Phi) is 42.5. The smallest absolute Gasteiger partial charge is 0.416 e. The Hall–Kier alpha value is -4.64. The highest BCUT2D eigenvalue weighted by Gasteiger charge is 2.30. The largest absolute Gasteiger partial charge is 0.493 e. The van der Waals surface area contributed by atoms with Crippen molar-refractivity contribution in [2.75, 3.05) is 44.3 Å².